The van der Waals surface area contributed by atoms with Gasteiger partial charge in [0.15, 0.2) is 0 Å². The second-order valence-corrected chi connectivity index (χ2v) is 20.2. The molecule has 2 aromatic rings. The molecule has 0 fully saturated rings. The molecule has 1 aromatic carbocycles. The quantitative estimate of drug-likeness (QED) is 0.757. The summed E-state index contributed by atoms with van der Waals surface area (Å²) in [5, 5.41) is 1.27. The van der Waals surface area contributed by atoms with Crippen molar-refractivity contribution in [2.24, 2.45) is 0 Å². The van der Waals surface area contributed by atoms with Crippen LogP contribution >= 0.6 is 0 Å². The van der Waals surface area contributed by atoms with Crippen molar-refractivity contribution in [2.45, 2.75) is 21.5 Å². The van der Waals surface area contributed by atoms with E-state index in [0.29, 0.717) is 6.73 Å². The van der Waals surface area contributed by atoms with Crippen LogP contribution in [0.4, 0.5) is 0 Å². The average Bonchev–Trinajstić information content (AvgIpc) is 2.67. The Hall–Kier alpha value is -0.741. The average molecular weight is 350 g/mol. The zero-order valence-electron chi connectivity index (χ0n) is 11.7. The van der Waals surface area contributed by atoms with Crippen LogP contribution in [-0.4, -0.2) is 30.1 Å². The number of hydrogen-bond acceptors (Lipinski definition) is 1. The molecule has 0 N–H and O–H groups in total. The van der Waals surface area contributed by atoms with Crippen LogP contribution in [0.5, 0.6) is 0 Å². The monoisotopic (exact) mass is 351 g/mol. The van der Waals surface area contributed by atoms with Gasteiger partial charge in [-0.3, -0.25) is 0 Å². The van der Waals surface area contributed by atoms with Crippen LogP contribution in [-0.2, 0) is 11.5 Å². The summed E-state index contributed by atoms with van der Waals surface area (Å²) in [7, 11) is 1.74. The SMILES string of the molecule is C=[C](c1cc2ccccc2n1COC)[Sn]([CH3])([CH3])[CH3]. The molecule has 3 heteroatoms. The van der Waals surface area contributed by atoms with Gasteiger partial charge >= 0.3 is 113 Å². The van der Waals surface area contributed by atoms with Crippen LogP contribution in [0.3, 0.4) is 0 Å². The van der Waals surface area contributed by atoms with Crippen LogP contribution in [0.15, 0.2) is 36.9 Å². The molecule has 0 spiro atoms. The number of nitrogens with zero attached hydrogens (tertiary/aromatic N) is 1. The van der Waals surface area contributed by atoms with Gasteiger partial charge in [0.2, 0.25) is 0 Å². The van der Waals surface area contributed by atoms with Crippen molar-refractivity contribution < 1.29 is 4.74 Å². The summed E-state index contributed by atoms with van der Waals surface area (Å²) in [5.74, 6) is 0. The number of aromatic nitrogens is 1. The van der Waals surface area contributed by atoms with Gasteiger partial charge in [-0.2, -0.15) is 0 Å². The summed E-state index contributed by atoms with van der Waals surface area (Å²) in [6.45, 7) is 4.94. The molecule has 0 saturated carbocycles. The fourth-order valence-electron chi connectivity index (χ4n) is 2.11. The summed E-state index contributed by atoms with van der Waals surface area (Å²) >= 11 is -2.14. The van der Waals surface area contributed by atoms with Gasteiger partial charge in [-0.05, 0) is 0 Å². The van der Waals surface area contributed by atoms with Gasteiger partial charge in [0.25, 0.3) is 0 Å². The standard InChI is InChI=1S/C12H12NO.3CH3.Sn/c1-3-11-8-10-6-4-5-7-12(10)13(11)9-14-2;;;;/h4-8H,1,9H2,2H3;3*1H3;. The molecule has 0 aliphatic rings. The summed E-state index contributed by atoms with van der Waals surface area (Å²) in [4.78, 5) is 7.18. The summed E-state index contributed by atoms with van der Waals surface area (Å²) in [5.41, 5.74) is 2.48. The van der Waals surface area contributed by atoms with Crippen LogP contribution in [0, 0.1) is 0 Å². The minimum atomic E-state index is -2.14. The number of methoxy groups -OCH3 is 1. The van der Waals surface area contributed by atoms with E-state index in [4.69, 9.17) is 4.74 Å². The van der Waals surface area contributed by atoms with E-state index in [2.05, 4.69) is 56.3 Å². The van der Waals surface area contributed by atoms with E-state index >= 15 is 0 Å². The molecule has 0 radical (unpaired) electrons. The third-order valence-corrected chi connectivity index (χ3v) is 9.18. The minimum absolute atomic E-state index is 0.587. The van der Waals surface area contributed by atoms with E-state index in [1.54, 1.807) is 7.11 Å². The van der Waals surface area contributed by atoms with Gasteiger partial charge in [-0.1, -0.05) is 0 Å². The first-order valence-electron chi connectivity index (χ1n) is 6.22. The van der Waals surface area contributed by atoms with E-state index in [1.165, 1.54) is 20.2 Å². The Morgan fingerprint density at radius 2 is 1.94 bits per heavy atom. The fraction of sp³-hybridized carbons (Fsp3) is 0.333. The van der Waals surface area contributed by atoms with Crippen LogP contribution in [0.25, 0.3) is 14.5 Å². The number of ether oxygens (including phenoxy) is 1. The maximum atomic E-state index is 5.34. The number of hydrogen-bond donors (Lipinski definition) is 0. The van der Waals surface area contributed by atoms with Crippen LogP contribution < -0.4 is 0 Å². The zero-order chi connectivity index (χ0) is 13.3. The number of para-hydroxylation sites is 1. The van der Waals surface area contributed by atoms with E-state index in [-0.39, 0.29) is 0 Å². The summed E-state index contributed by atoms with van der Waals surface area (Å²) in [6, 6.07) is 10.7. The Morgan fingerprint density at radius 1 is 1.28 bits per heavy atom. The van der Waals surface area contributed by atoms with Crippen LogP contribution in [0.2, 0.25) is 14.8 Å². The number of rotatable bonds is 4. The molecular weight excluding hydrogens is 329 g/mol. The van der Waals surface area contributed by atoms with Crippen LogP contribution in [0.1, 0.15) is 5.69 Å². The zero-order valence-corrected chi connectivity index (χ0v) is 14.5. The number of fused-ring (bicyclic) bond motifs is 1. The molecular formula is C15H21NOSn. The van der Waals surface area contributed by atoms with E-state index in [0.717, 1.165) is 0 Å². The van der Waals surface area contributed by atoms with Crippen molar-refractivity contribution in [2.75, 3.05) is 7.11 Å². The van der Waals surface area contributed by atoms with Gasteiger partial charge < -0.3 is 0 Å². The normalized spacial score (nSPS) is 12.0. The first-order valence-corrected chi connectivity index (χ1v) is 16.2. The van der Waals surface area contributed by atoms with Gasteiger partial charge in [-0.25, -0.2) is 0 Å². The number of benzene rings is 1. The molecule has 0 aliphatic carbocycles. The summed E-state index contributed by atoms with van der Waals surface area (Å²) in [6.07, 6.45) is 0. The Balaban J connectivity index is 2.63. The molecule has 18 heavy (non-hydrogen) atoms. The molecule has 1 aromatic heterocycles. The van der Waals surface area contributed by atoms with Gasteiger partial charge in [-0.15, -0.1) is 0 Å². The predicted octanol–water partition coefficient (Wildman–Crippen LogP) is 4.14. The predicted molar refractivity (Wildman–Crippen MR) is 81.3 cm³/mol. The third-order valence-electron chi connectivity index (χ3n) is 3.28. The molecule has 96 valence electrons. The molecule has 2 rings (SSSR count). The van der Waals surface area contributed by atoms with Crippen molar-refractivity contribution in [3.8, 4) is 0 Å². The van der Waals surface area contributed by atoms with Crippen molar-refractivity contribution >= 4 is 32.9 Å². The maximum absolute atomic E-state index is 5.34. The van der Waals surface area contributed by atoms with Crippen molar-refractivity contribution in [1.29, 1.82) is 0 Å². The van der Waals surface area contributed by atoms with Crippen molar-refractivity contribution in [3.63, 3.8) is 0 Å². The molecule has 1 heterocycles. The molecule has 2 nitrogen and oxygen atoms in total. The van der Waals surface area contributed by atoms with E-state index in [1.807, 2.05) is 0 Å². The first kappa shape index (κ1) is 13.7. The summed E-state index contributed by atoms with van der Waals surface area (Å²) < 4.78 is 8.92. The first-order chi connectivity index (χ1) is 8.45. The Kier molecular flexibility index (Phi) is 3.87. The molecule has 0 unspecified atom stereocenters. The van der Waals surface area contributed by atoms with Crippen molar-refractivity contribution in [1.82, 2.24) is 4.57 Å². The van der Waals surface area contributed by atoms with E-state index < -0.39 is 18.4 Å². The third kappa shape index (κ3) is 2.50. The fourth-order valence-corrected chi connectivity index (χ4v) is 4.90. The Labute approximate surface area is 113 Å². The Bertz CT molecular complexity index is 578. The molecule has 0 saturated heterocycles. The topological polar surface area (TPSA) is 14.2 Å². The molecule has 0 atom stereocenters. The van der Waals surface area contributed by atoms with Crippen molar-refractivity contribution in [3.05, 3.63) is 42.6 Å². The van der Waals surface area contributed by atoms with Gasteiger partial charge in [0.05, 0.1) is 0 Å². The van der Waals surface area contributed by atoms with Gasteiger partial charge in [0, 0.05) is 0 Å². The molecule has 0 aliphatic heterocycles. The van der Waals surface area contributed by atoms with Gasteiger partial charge in [0.1, 0.15) is 0 Å². The molecule has 0 amide bonds. The van der Waals surface area contributed by atoms with E-state index in [9.17, 15) is 0 Å². The Morgan fingerprint density at radius 3 is 2.56 bits per heavy atom. The second kappa shape index (κ2) is 5.09. The molecule has 0 bridgehead atoms. The second-order valence-electron chi connectivity index (χ2n) is 5.66.